The molecule has 3 rings (SSSR count). The normalized spacial score (nSPS) is 41.2. The predicted molar refractivity (Wildman–Crippen MR) is 86.6 cm³/mol. The predicted octanol–water partition coefficient (Wildman–Crippen LogP) is 5.28. The molecule has 4 atom stereocenters. The molecule has 0 radical (unpaired) electrons. The van der Waals surface area contributed by atoms with Crippen LogP contribution in [0.3, 0.4) is 0 Å². The van der Waals surface area contributed by atoms with Gasteiger partial charge in [0.25, 0.3) is 0 Å². The highest BCUT2D eigenvalue weighted by atomic mass is 14.6. The zero-order valence-electron chi connectivity index (χ0n) is 13.4. The van der Waals surface area contributed by atoms with Gasteiger partial charge in [0.05, 0.1) is 0 Å². The molecular formula is C19H35N. The third-order valence-corrected chi connectivity index (χ3v) is 6.56. The van der Waals surface area contributed by atoms with Gasteiger partial charge in [0.15, 0.2) is 0 Å². The molecular weight excluding hydrogens is 242 g/mol. The van der Waals surface area contributed by atoms with Crippen LogP contribution in [0.1, 0.15) is 89.9 Å². The van der Waals surface area contributed by atoms with Crippen molar-refractivity contribution in [1.82, 2.24) is 0 Å². The van der Waals surface area contributed by atoms with Crippen molar-refractivity contribution in [3.63, 3.8) is 0 Å². The fourth-order valence-electron chi connectivity index (χ4n) is 5.19. The standard InChI is InChI=1S/C19H35N/c20-17-11-7-3-6-10-16(12-13-17)19-14-18(19)15-8-4-1-2-5-9-15/h15-19H,1-14,20H2. The highest BCUT2D eigenvalue weighted by Crippen LogP contribution is 2.54. The summed E-state index contributed by atoms with van der Waals surface area (Å²) < 4.78 is 0. The molecule has 1 heteroatoms. The Bertz CT molecular complexity index is 279. The van der Waals surface area contributed by atoms with Crippen LogP contribution >= 0.6 is 0 Å². The van der Waals surface area contributed by atoms with Gasteiger partial charge in [-0.2, -0.15) is 0 Å². The van der Waals surface area contributed by atoms with Gasteiger partial charge in [-0.15, -0.1) is 0 Å². The number of nitrogens with two attached hydrogens (primary N) is 1. The van der Waals surface area contributed by atoms with E-state index < -0.39 is 0 Å². The molecule has 2 N–H and O–H groups in total. The highest BCUT2D eigenvalue weighted by molar-refractivity contribution is 4.95. The Morgan fingerprint density at radius 2 is 1.00 bits per heavy atom. The summed E-state index contributed by atoms with van der Waals surface area (Å²) in [4.78, 5) is 0. The Morgan fingerprint density at radius 3 is 1.65 bits per heavy atom. The van der Waals surface area contributed by atoms with Crippen molar-refractivity contribution < 1.29 is 0 Å². The summed E-state index contributed by atoms with van der Waals surface area (Å²) in [5.41, 5.74) is 6.25. The van der Waals surface area contributed by atoms with Gasteiger partial charge in [-0.1, -0.05) is 64.2 Å². The number of hydrogen-bond acceptors (Lipinski definition) is 1. The molecule has 0 amide bonds. The minimum atomic E-state index is 0.505. The average molecular weight is 277 g/mol. The Morgan fingerprint density at radius 1 is 0.500 bits per heavy atom. The largest absolute Gasteiger partial charge is 0.328 e. The smallest absolute Gasteiger partial charge is 0.00389 e. The van der Waals surface area contributed by atoms with Gasteiger partial charge in [0, 0.05) is 6.04 Å². The molecule has 0 aromatic carbocycles. The SMILES string of the molecule is NC1CCCCCC(C2CC2C2CCCCCC2)CC1. The van der Waals surface area contributed by atoms with Crippen LogP contribution in [-0.4, -0.2) is 6.04 Å². The van der Waals surface area contributed by atoms with E-state index in [2.05, 4.69) is 0 Å². The second-order valence-electron chi connectivity index (χ2n) is 8.05. The molecule has 3 aliphatic rings. The maximum Gasteiger partial charge on any atom is 0.00389 e. The quantitative estimate of drug-likeness (QED) is 0.683. The van der Waals surface area contributed by atoms with Crippen LogP contribution in [0.25, 0.3) is 0 Å². The molecule has 0 spiro atoms. The molecule has 116 valence electrons. The molecule has 1 nitrogen and oxygen atoms in total. The van der Waals surface area contributed by atoms with Gasteiger partial charge in [-0.3, -0.25) is 0 Å². The minimum Gasteiger partial charge on any atom is -0.328 e. The fraction of sp³-hybridized carbons (Fsp3) is 1.00. The zero-order valence-corrected chi connectivity index (χ0v) is 13.4. The van der Waals surface area contributed by atoms with Crippen LogP contribution in [-0.2, 0) is 0 Å². The molecule has 0 aliphatic heterocycles. The molecule has 0 heterocycles. The molecule has 0 aromatic rings. The zero-order chi connectivity index (χ0) is 13.8. The van der Waals surface area contributed by atoms with E-state index in [4.69, 9.17) is 5.73 Å². The van der Waals surface area contributed by atoms with Crippen molar-refractivity contribution in [2.45, 2.75) is 95.9 Å². The number of rotatable bonds is 2. The van der Waals surface area contributed by atoms with E-state index in [-0.39, 0.29) is 0 Å². The summed E-state index contributed by atoms with van der Waals surface area (Å²) in [6.45, 7) is 0. The first-order chi connectivity index (χ1) is 9.84. The van der Waals surface area contributed by atoms with Crippen molar-refractivity contribution in [1.29, 1.82) is 0 Å². The van der Waals surface area contributed by atoms with Gasteiger partial charge < -0.3 is 5.73 Å². The van der Waals surface area contributed by atoms with Gasteiger partial charge in [0.2, 0.25) is 0 Å². The molecule has 0 bridgehead atoms. The molecule has 0 saturated heterocycles. The molecule has 3 aliphatic carbocycles. The van der Waals surface area contributed by atoms with E-state index in [9.17, 15) is 0 Å². The first-order valence-electron chi connectivity index (χ1n) is 9.60. The van der Waals surface area contributed by atoms with Crippen LogP contribution in [0.4, 0.5) is 0 Å². The first kappa shape index (κ1) is 14.9. The summed E-state index contributed by atoms with van der Waals surface area (Å²) in [5, 5.41) is 0. The van der Waals surface area contributed by atoms with Crippen molar-refractivity contribution in [2.24, 2.45) is 29.4 Å². The van der Waals surface area contributed by atoms with E-state index in [0.717, 1.165) is 23.7 Å². The Balaban J connectivity index is 1.50. The average Bonchev–Trinajstić information content (AvgIpc) is 3.23. The van der Waals surface area contributed by atoms with E-state index in [1.54, 1.807) is 19.3 Å². The third kappa shape index (κ3) is 4.00. The Kier molecular flexibility index (Phi) is 5.42. The van der Waals surface area contributed by atoms with Crippen LogP contribution in [0, 0.1) is 23.7 Å². The Labute approximate surface area is 126 Å². The number of hydrogen-bond donors (Lipinski definition) is 1. The first-order valence-corrected chi connectivity index (χ1v) is 9.60. The molecule has 4 unspecified atom stereocenters. The third-order valence-electron chi connectivity index (χ3n) is 6.56. The second-order valence-corrected chi connectivity index (χ2v) is 8.05. The highest BCUT2D eigenvalue weighted by Gasteiger charge is 2.46. The van der Waals surface area contributed by atoms with Gasteiger partial charge in [-0.25, -0.2) is 0 Å². The van der Waals surface area contributed by atoms with E-state index in [1.165, 1.54) is 70.6 Å². The molecule has 3 fully saturated rings. The maximum atomic E-state index is 6.25. The van der Waals surface area contributed by atoms with E-state index >= 15 is 0 Å². The van der Waals surface area contributed by atoms with Crippen LogP contribution < -0.4 is 5.73 Å². The lowest BCUT2D eigenvalue weighted by molar-refractivity contribution is 0.308. The molecule has 20 heavy (non-hydrogen) atoms. The lowest BCUT2D eigenvalue weighted by atomic mass is 9.86. The van der Waals surface area contributed by atoms with E-state index in [0.29, 0.717) is 6.04 Å². The van der Waals surface area contributed by atoms with Gasteiger partial charge >= 0.3 is 0 Å². The summed E-state index contributed by atoms with van der Waals surface area (Å²) in [7, 11) is 0. The lowest BCUT2D eigenvalue weighted by Crippen LogP contribution is -2.20. The second kappa shape index (κ2) is 7.29. The van der Waals surface area contributed by atoms with Gasteiger partial charge in [-0.05, 0) is 49.4 Å². The van der Waals surface area contributed by atoms with Crippen molar-refractivity contribution in [3.05, 3.63) is 0 Å². The van der Waals surface area contributed by atoms with Crippen LogP contribution in [0.15, 0.2) is 0 Å². The topological polar surface area (TPSA) is 26.0 Å². The Hall–Kier alpha value is -0.0400. The van der Waals surface area contributed by atoms with Crippen LogP contribution in [0.5, 0.6) is 0 Å². The summed E-state index contributed by atoms with van der Waals surface area (Å²) >= 11 is 0. The summed E-state index contributed by atoms with van der Waals surface area (Å²) in [6, 6.07) is 0.505. The molecule has 0 aromatic heterocycles. The summed E-state index contributed by atoms with van der Waals surface area (Å²) in [6.07, 6.45) is 20.6. The van der Waals surface area contributed by atoms with Crippen LogP contribution in [0.2, 0.25) is 0 Å². The van der Waals surface area contributed by atoms with E-state index in [1.807, 2.05) is 0 Å². The van der Waals surface area contributed by atoms with Crippen molar-refractivity contribution >= 4 is 0 Å². The molecule has 3 saturated carbocycles. The fourth-order valence-corrected chi connectivity index (χ4v) is 5.19. The maximum absolute atomic E-state index is 6.25. The lowest BCUT2D eigenvalue weighted by Gasteiger charge is -2.20. The van der Waals surface area contributed by atoms with Crippen molar-refractivity contribution in [3.8, 4) is 0 Å². The minimum absolute atomic E-state index is 0.505. The monoisotopic (exact) mass is 277 g/mol. The van der Waals surface area contributed by atoms with Gasteiger partial charge in [0.1, 0.15) is 0 Å². The van der Waals surface area contributed by atoms with Crippen molar-refractivity contribution in [2.75, 3.05) is 0 Å². The summed E-state index contributed by atoms with van der Waals surface area (Å²) in [5.74, 6) is 4.36.